The summed E-state index contributed by atoms with van der Waals surface area (Å²) >= 11 is 0. The molecule has 0 aliphatic heterocycles. The summed E-state index contributed by atoms with van der Waals surface area (Å²) < 4.78 is 10.6. The van der Waals surface area contributed by atoms with Crippen LogP contribution in [0.4, 0.5) is 5.69 Å². The summed E-state index contributed by atoms with van der Waals surface area (Å²) in [4.78, 5) is 16.1. The van der Waals surface area contributed by atoms with Crippen molar-refractivity contribution in [3.8, 4) is 5.75 Å². The van der Waals surface area contributed by atoms with Crippen molar-refractivity contribution in [2.45, 2.75) is 6.54 Å². The zero-order valence-electron chi connectivity index (χ0n) is 13.6. The van der Waals surface area contributed by atoms with Gasteiger partial charge in [0, 0.05) is 6.21 Å². The van der Waals surface area contributed by atoms with E-state index in [9.17, 15) is 4.79 Å². The van der Waals surface area contributed by atoms with E-state index in [2.05, 4.69) is 10.3 Å². The molecule has 1 heterocycles. The zero-order valence-corrected chi connectivity index (χ0v) is 13.6. The lowest BCUT2D eigenvalue weighted by molar-refractivity contribution is -0.123. The lowest BCUT2D eigenvalue weighted by Crippen LogP contribution is -2.28. The Kier molecular flexibility index (Phi) is 5.61. The number of ether oxygens (including phenoxy) is 1. The van der Waals surface area contributed by atoms with Gasteiger partial charge in [0.15, 0.2) is 6.61 Å². The van der Waals surface area contributed by atoms with Gasteiger partial charge in [-0.15, -0.1) is 0 Å². The molecule has 0 aliphatic rings. The lowest BCUT2D eigenvalue weighted by Gasteiger charge is -2.06. The summed E-state index contributed by atoms with van der Waals surface area (Å²) in [6, 6.07) is 20.7. The van der Waals surface area contributed by atoms with Crippen molar-refractivity contribution >= 4 is 17.8 Å². The number of nitrogens with zero attached hydrogens (tertiary/aromatic N) is 1. The topological polar surface area (TPSA) is 63.8 Å². The van der Waals surface area contributed by atoms with Crippen LogP contribution in [0.2, 0.25) is 0 Å². The Balaban J connectivity index is 1.46. The maximum Gasteiger partial charge on any atom is 0.258 e. The van der Waals surface area contributed by atoms with E-state index >= 15 is 0 Å². The molecule has 3 rings (SSSR count). The highest BCUT2D eigenvalue weighted by Crippen LogP contribution is 2.13. The van der Waals surface area contributed by atoms with Gasteiger partial charge in [-0.25, -0.2) is 0 Å². The molecule has 25 heavy (non-hydrogen) atoms. The Bertz CT molecular complexity index is 810. The number of nitrogens with one attached hydrogen (secondary N) is 1. The van der Waals surface area contributed by atoms with E-state index in [1.807, 2.05) is 54.6 Å². The highest BCUT2D eigenvalue weighted by molar-refractivity contribution is 5.82. The summed E-state index contributed by atoms with van der Waals surface area (Å²) in [5, 5.41) is 2.73. The van der Waals surface area contributed by atoms with Gasteiger partial charge in [-0.1, -0.05) is 18.2 Å². The van der Waals surface area contributed by atoms with Crippen LogP contribution in [-0.4, -0.2) is 18.7 Å². The van der Waals surface area contributed by atoms with Gasteiger partial charge in [0.1, 0.15) is 11.5 Å². The quantitative estimate of drug-likeness (QED) is 0.670. The van der Waals surface area contributed by atoms with E-state index in [-0.39, 0.29) is 12.5 Å². The van der Waals surface area contributed by atoms with Crippen LogP contribution in [0.25, 0.3) is 0 Å². The van der Waals surface area contributed by atoms with Crippen LogP contribution in [0, 0.1) is 0 Å². The molecule has 0 saturated heterocycles. The first-order valence-corrected chi connectivity index (χ1v) is 7.91. The van der Waals surface area contributed by atoms with E-state index in [0.717, 1.165) is 11.3 Å². The molecule has 0 radical (unpaired) electrons. The molecule has 2 aromatic carbocycles. The molecule has 0 bridgehead atoms. The van der Waals surface area contributed by atoms with Crippen molar-refractivity contribution in [1.82, 2.24) is 5.32 Å². The summed E-state index contributed by atoms with van der Waals surface area (Å²) in [6.45, 7) is 0.308. The summed E-state index contributed by atoms with van der Waals surface area (Å²) in [6.07, 6.45) is 3.36. The van der Waals surface area contributed by atoms with E-state index in [4.69, 9.17) is 9.15 Å². The molecule has 3 aromatic rings. The Labute approximate surface area is 146 Å². The highest BCUT2D eigenvalue weighted by atomic mass is 16.5. The molecule has 0 aliphatic carbocycles. The highest BCUT2D eigenvalue weighted by Gasteiger charge is 2.04. The average Bonchev–Trinajstić information content (AvgIpc) is 3.18. The average molecular weight is 334 g/mol. The monoisotopic (exact) mass is 334 g/mol. The first kappa shape index (κ1) is 16.5. The van der Waals surface area contributed by atoms with Crippen LogP contribution >= 0.6 is 0 Å². The third-order valence-electron chi connectivity index (χ3n) is 3.41. The van der Waals surface area contributed by atoms with Crippen LogP contribution in [0.1, 0.15) is 11.3 Å². The van der Waals surface area contributed by atoms with Gasteiger partial charge >= 0.3 is 0 Å². The number of hydrogen-bond acceptors (Lipinski definition) is 4. The first-order valence-electron chi connectivity index (χ1n) is 7.91. The molecule has 0 spiro atoms. The van der Waals surface area contributed by atoms with Gasteiger partial charge in [-0.05, 0) is 54.1 Å². The number of carbonyl (C=O) groups excluding carboxylic acids is 1. The molecule has 5 heteroatoms. The van der Waals surface area contributed by atoms with Crippen LogP contribution < -0.4 is 10.1 Å². The summed E-state index contributed by atoms with van der Waals surface area (Å²) in [7, 11) is 0. The molecular formula is C20H18N2O3. The van der Waals surface area contributed by atoms with E-state index in [1.54, 1.807) is 24.6 Å². The van der Waals surface area contributed by atoms with Crippen LogP contribution in [-0.2, 0) is 11.3 Å². The van der Waals surface area contributed by atoms with Crippen molar-refractivity contribution in [3.05, 3.63) is 84.3 Å². The maximum atomic E-state index is 11.7. The normalized spacial score (nSPS) is 10.7. The number of furan rings is 1. The van der Waals surface area contributed by atoms with Crippen LogP contribution in [0.15, 0.2) is 82.4 Å². The molecule has 5 nitrogen and oxygen atoms in total. The molecule has 1 N–H and O–H groups in total. The minimum absolute atomic E-state index is 0.0435. The number of benzene rings is 2. The third-order valence-corrected chi connectivity index (χ3v) is 3.41. The van der Waals surface area contributed by atoms with Crippen molar-refractivity contribution in [1.29, 1.82) is 0 Å². The standard InChI is InChI=1S/C20H18N2O3/c23-20(22-14-19-7-4-12-24-19)15-25-18-10-8-16(9-11-18)13-21-17-5-2-1-3-6-17/h1-13H,14-15H2,(H,22,23). The van der Waals surface area contributed by atoms with Gasteiger partial charge in [0.2, 0.25) is 0 Å². The van der Waals surface area contributed by atoms with Crippen LogP contribution in [0.5, 0.6) is 5.75 Å². The number of rotatable bonds is 7. The predicted molar refractivity (Wildman–Crippen MR) is 96.2 cm³/mol. The number of hydrogen-bond donors (Lipinski definition) is 1. The van der Waals surface area contributed by atoms with Crippen LogP contribution in [0.3, 0.4) is 0 Å². The fourth-order valence-corrected chi connectivity index (χ4v) is 2.11. The molecule has 0 atom stereocenters. The van der Waals surface area contributed by atoms with Gasteiger partial charge in [-0.2, -0.15) is 0 Å². The lowest BCUT2D eigenvalue weighted by atomic mass is 10.2. The fourth-order valence-electron chi connectivity index (χ4n) is 2.11. The minimum Gasteiger partial charge on any atom is -0.484 e. The smallest absolute Gasteiger partial charge is 0.258 e. The molecule has 0 fully saturated rings. The zero-order chi connectivity index (χ0) is 17.3. The number of para-hydroxylation sites is 1. The third kappa shape index (κ3) is 5.35. The molecule has 1 aromatic heterocycles. The first-order chi connectivity index (χ1) is 12.3. The Morgan fingerprint density at radius 1 is 1.04 bits per heavy atom. The Morgan fingerprint density at radius 3 is 2.56 bits per heavy atom. The second kappa shape index (κ2) is 8.49. The number of amides is 1. The summed E-state index contributed by atoms with van der Waals surface area (Å²) in [5.74, 6) is 1.13. The van der Waals surface area contributed by atoms with E-state index < -0.39 is 0 Å². The van der Waals surface area contributed by atoms with Crippen molar-refractivity contribution < 1.29 is 13.9 Å². The van der Waals surface area contributed by atoms with Crippen molar-refractivity contribution in [2.75, 3.05) is 6.61 Å². The molecule has 126 valence electrons. The SMILES string of the molecule is O=C(COc1ccc(C=Nc2ccccc2)cc1)NCc1ccco1. The second-order valence-corrected chi connectivity index (χ2v) is 5.31. The maximum absolute atomic E-state index is 11.7. The number of aliphatic imine (C=N–C) groups is 1. The van der Waals surface area contributed by atoms with E-state index in [1.165, 1.54) is 0 Å². The largest absolute Gasteiger partial charge is 0.484 e. The fraction of sp³-hybridized carbons (Fsp3) is 0.100. The molecular weight excluding hydrogens is 316 g/mol. The van der Waals surface area contributed by atoms with Gasteiger partial charge < -0.3 is 14.5 Å². The summed E-state index contributed by atoms with van der Waals surface area (Å²) in [5.41, 5.74) is 1.86. The van der Waals surface area contributed by atoms with Crippen molar-refractivity contribution in [3.63, 3.8) is 0 Å². The minimum atomic E-state index is -0.203. The number of carbonyl (C=O) groups is 1. The van der Waals surface area contributed by atoms with Gasteiger partial charge in [-0.3, -0.25) is 9.79 Å². The van der Waals surface area contributed by atoms with Gasteiger partial charge in [0.05, 0.1) is 18.5 Å². The van der Waals surface area contributed by atoms with Gasteiger partial charge in [0.25, 0.3) is 5.91 Å². The van der Waals surface area contributed by atoms with E-state index in [0.29, 0.717) is 18.1 Å². The molecule has 1 amide bonds. The second-order valence-electron chi connectivity index (χ2n) is 5.31. The molecule has 0 saturated carbocycles. The Morgan fingerprint density at radius 2 is 1.84 bits per heavy atom. The Hall–Kier alpha value is -3.34. The predicted octanol–water partition coefficient (Wildman–Crippen LogP) is 3.73. The molecule has 0 unspecified atom stereocenters. The van der Waals surface area contributed by atoms with Crippen molar-refractivity contribution in [2.24, 2.45) is 4.99 Å².